The summed E-state index contributed by atoms with van der Waals surface area (Å²) in [6.07, 6.45) is 0. The topological polar surface area (TPSA) is 58.2 Å². The molecule has 0 radical (unpaired) electrons. The van der Waals surface area contributed by atoms with Crippen molar-refractivity contribution >= 4 is 11.8 Å². The zero-order chi connectivity index (χ0) is 18.7. The molecule has 3 rings (SSSR count). The van der Waals surface area contributed by atoms with Gasteiger partial charge in [0.05, 0.1) is 6.04 Å². The van der Waals surface area contributed by atoms with Crippen molar-refractivity contribution in [1.29, 1.82) is 0 Å². The number of amides is 2. The van der Waals surface area contributed by atoms with Crippen molar-refractivity contribution in [3.63, 3.8) is 0 Å². The molecule has 2 aromatic rings. The molecule has 1 heterocycles. The predicted molar refractivity (Wildman–Crippen MR) is 102 cm³/mol. The molecule has 1 saturated heterocycles. The molecule has 2 amide bonds. The minimum absolute atomic E-state index is 0.0257. The molecule has 2 N–H and O–H groups in total. The third-order valence-electron chi connectivity index (χ3n) is 5.13. The molecule has 4 heteroatoms. The van der Waals surface area contributed by atoms with Crippen LogP contribution in [0.25, 0.3) is 0 Å². The first kappa shape index (κ1) is 18.2. The van der Waals surface area contributed by atoms with Crippen molar-refractivity contribution in [3.05, 3.63) is 71.8 Å². The number of rotatable bonds is 4. The fourth-order valence-corrected chi connectivity index (χ4v) is 3.61. The highest BCUT2D eigenvalue weighted by molar-refractivity contribution is 6.02. The fraction of sp³-hybridized carbons (Fsp3) is 0.364. The van der Waals surface area contributed by atoms with Crippen LogP contribution in [0.2, 0.25) is 0 Å². The van der Waals surface area contributed by atoms with Gasteiger partial charge in [-0.3, -0.25) is 9.59 Å². The van der Waals surface area contributed by atoms with Crippen LogP contribution in [-0.2, 0) is 9.59 Å². The molecule has 0 unspecified atom stereocenters. The van der Waals surface area contributed by atoms with Crippen molar-refractivity contribution in [1.82, 2.24) is 10.6 Å². The van der Waals surface area contributed by atoms with Gasteiger partial charge in [-0.25, -0.2) is 0 Å². The highest BCUT2D eigenvalue weighted by Gasteiger charge is 2.46. The third kappa shape index (κ3) is 3.79. The molecule has 0 bridgehead atoms. The maximum absolute atomic E-state index is 13.1. The zero-order valence-corrected chi connectivity index (χ0v) is 15.5. The molecule has 0 aliphatic carbocycles. The molecule has 2 aromatic carbocycles. The third-order valence-corrected chi connectivity index (χ3v) is 5.13. The summed E-state index contributed by atoms with van der Waals surface area (Å²) < 4.78 is 0. The van der Waals surface area contributed by atoms with Gasteiger partial charge in [0.2, 0.25) is 11.8 Å². The summed E-state index contributed by atoms with van der Waals surface area (Å²) in [7, 11) is 0. The molecular weight excluding hydrogens is 324 g/mol. The van der Waals surface area contributed by atoms with E-state index >= 15 is 0 Å². The van der Waals surface area contributed by atoms with Crippen LogP contribution in [0.5, 0.6) is 0 Å². The number of hydrogen-bond donors (Lipinski definition) is 2. The smallest absolute Gasteiger partial charge is 0.233 e. The summed E-state index contributed by atoms with van der Waals surface area (Å²) in [4.78, 5) is 25.5. The standard InChI is InChI=1S/C22H26N2O2/c1-22(2,3)17-14-23-20(25)18(17)21(26)24-19(15-10-6-4-7-11-15)16-12-8-5-9-13-16/h4-13,17-19H,14H2,1-3H3,(H,23,25)(H,24,26)/t17-,18+/m0/s1. The van der Waals surface area contributed by atoms with Crippen LogP contribution in [0.3, 0.4) is 0 Å². The summed E-state index contributed by atoms with van der Waals surface area (Å²) in [6.45, 7) is 6.76. The maximum Gasteiger partial charge on any atom is 0.233 e. The summed E-state index contributed by atoms with van der Waals surface area (Å²) in [5.74, 6) is -1.08. The van der Waals surface area contributed by atoms with E-state index in [2.05, 4.69) is 31.4 Å². The van der Waals surface area contributed by atoms with E-state index in [-0.39, 0.29) is 29.2 Å². The second kappa shape index (κ2) is 7.32. The number of carbonyl (C=O) groups excluding carboxylic acids is 2. The molecule has 0 spiro atoms. The van der Waals surface area contributed by atoms with Crippen LogP contribution >= 0.6 is 0 Å². The molecule has 1 fully saturated rings. The van der Waals surface area contributed by atoms with Crippen molar-refractivity contribution in [2.24, 2.45) is 17.3 Å². The first-order chi connectivity index (χ1) is 12.4. The number of hydrogen-bond acceptors (Lipinski definition) is 2. The lowest BCUT2D eigenvalue weighted by atomic mass is 9.74. The Kier molecular flexibility index (Phi) is 5.12. The minimum Gasteiger partial charge on any atom is -0.355 e. The van der Waals surface area contributed by atoms with E-state index in [0.717, 1.165) is 11.1 Å². The second-order valence-corrected chi connectivity index (χ2v) is 7.96. The zero-order valence-electron chi connectivity index (χ0n) is 15.5. The van der Waals surface area contributed by atoms with Gasteiger partial charge < -0.3 is 10.6 Å². The minimum atomic E-state index is -0.662. The second-order valence-electron chi connectivity index (χ2n) is 7.96. The molecule has 2 atom stereocenters. The van der Waals surface area contributed by atoms with Crippen LogP contribution in [0, 0.1) is 17.3 Å². The SMILES string of the molecule is CC(C)(C)[C@H]1CNC(=O)[C@@H]1C(=O)NC(c1ccccc1)c1ccccc1. The highest BCUT2D eigenvalue weighted by atomic mass is 16.2. The Balaban J connectivity index is 1.89. The Morgan fingerprint density at radius 3 is 1.96 bits per heavy atom. The van der Waals surface area contributed by atoms with Gasteiger partial charge in [0.15, 0.2) is 0 Å². The van der Waals surface area contributed by atoms with Gasteiger partial charge in [0, 0.05) is 12.5 Å². The number of benzene rings is 2. The lowest BCUT2D eigenvalue weighted by molar-refractivity contribution is -0.135. The molecule has 1 aliphatic heterocycles. The molecule has 0 saturated carbocycles. The van der Waals surface area contributed by atoms with E-state index in [4.69, 9.17) is 0 Å². The average molecular weight is 350 g/mol. The molecule has 26 heavy (non-hydrogen) atoms. The van der Waals surface area contributed by atoms with Gasteiger partial charge in [-0.15, -0.1) is 0 Å². The molecule has 136 valence electrons. The van der Waals surface area contributed by atoms with Crippen LogP contribution in [0.15, 0.2) is 60.7 Å². The van der Waals surface area contributed by atoms with Crippen LogP contribution in [0.4, 0.5) is 0 Å². The summed E-state index contributed by atoms with van der Waals surface area (Å²) in [5, 5.41) is 5.98. The van der Waals surface area contributed by atoms with E-state index in [1.54, 1.807) is 0 Å². The summed E-state index contributed by atoms with van der Waals surface area (Å²) >= 11 is 0. The van der Waals surface area contributed by atoms with Gasteiger partial charge in [-0.1, -0.05) is 81.4 Å². The van der Waals surface area contributed by atoms with E-state index in [1.807, 2.05) is 60.7 Å². The lowest BCUT2D eigenvalue weighted by Crippen LogP contribution is -2.42. The van der Waals surface area contributed by atoms with Gasteiger partial charge in [-0.2, -0.15) is 0 Å². The summed E-state index contributed by atoms with van der Waals surface area (Å²) in [5.41, 5.74) is 1.87. The largest absolute Gasteiger partial charge is 0.355 e. The van der Waals surface area contributed by atoms with E-state index in [1.165, 1.54) is 0 Å². The predicted octanol–water partition coefficient (Wildman–Crippen LogP) is 3.30. The Morgan fingerprint density at radius 1 is 1.00 bits per heavy atom. The average Bonchev–Trinajstić information content (AvgIpc) is 3.03. The van der Waals surface area contributed by atoms with E-state index < -0.39 is 5.92 Å². The molecule has 4 nitrogen and oxygen atoms in total. The van der Waals surface area contributed by atoms with Crippen LogP contribution in [0.1, 0.15) is 37.9 Å². The van der Waals surface area contributed by atoms with Crippen LogP contribution in [-0.4, -0.2) is 18.4 Å². The maximum atomic E-state index is 13.1. The Bertz CT molecular complexity index is 726. The monoisotopic (exact) mass is 350 g/mol. The quantitative estimate of drug-likeness (QED) is 0.831. The first-order valence-electron chi connectivity index (χ1n) is 9.06. The Morgan fingerprint density at radius 2 is 1.50 bits per heavy atom. The molecular formula is C22H26N2O2. The summed E-state index contributed by atoms with van der Waals surface area (Å²) in [6, 6.07) is 19.4. The number of nitrogens with one attached hydrogen (secondary N) is 2. The van der Waals surface area contributed by atoms with Crippen molar-refractivity contribution in [2.45, 2.75) is 26.8 Å². The Labute approximate surface area is 155 Å². The lowest BCUT2D eigenvalue weighted by Gasteiger charge is -2.30. The van der Waals surface area contributed by atoms with Gasteiger partial charge in [0.1, 0.15) is 5.92 Å². The highest BCUT2D eigenvalue weighted by Crippen LogP contribution is 2.36. The van der Waals surface area contributed by atoms with E-state index in [0.29, 0.717) is 6.54 Å². The van der Waals surface area contributed by atoms with Crippen molar-refractivity contribution in [2.75, 3.05) is 6.54 Å². The molecule has 1 aliphatic rings. The van der Waals surface area contributed by atoms with Gasteiger partial charge >= 0.3 is 0 Å². The normalized spacial score (nSPS) is 20.1. The fourth-order valence-electron chi connectivity index (χ4n) is 3.61. The van der Waals surface area contributed by atoms with Crippen molar-refractivity contribution in [3.8, 4) is 0 Å². The van der Waals surface area contributed by atoms with Gasteiger partial charge in [-0.05, 0) is 16.5 Å². The van der Waals surface area contributed by atoms with Crippen LogP contribution < -0.4 is 10.6 Å². The Hall–Kier alpha value is -2.62. The number of carbonyl (C=O) groups is 2. The van der Waals surface area contributed by atoms with Crippen molar-refractivity contribution < 1.29 is 9.59 Å². The molecule has 0 aromatic heterocycles. The van der Waals surface area contributed by atoms with E-state index in [9.17, 15) is 9.59 Å². The van der Waals surface area contributed by atoms with Gasteiger partial charge in [0.25, 0.3) is 0 Å². The first-order valence-corrected chi connectivity index (χ1v) is 9.06.